The number of carboxylic acid groups (broad SMARTS) is 1. The number of carboxylic acids is 1. The van der Waals surface area contributed by atoms with E-state index in [9.17, 15) is 14.4 Å². The van der Waals surface area contributed by atoms with E-state index >= 15 is 0 Å². The standard InChI is InChI=1S/C22H28N4O5/c1-4-11-26(14-21(28)29)25-20(27)13-16-9-10-18(19(12-16)31-3)24-22(30)23-17-8-6-5-7-15(17)2/h5-10,12H,4,11,13-14H2,1-3H3,(H,25,27)(H,28,29)(H2,23,24,30). The van der Waals surface area contributed by atoms with Crippen LogP contribution in [0.3, 0.4) is 0 Å². The van der Waals surface area contributed by atoms with E-state index < -0.39 is 12.0 Å². The van der Waals surface area contributed by atoms with Crippen molar-refractivity contribution in [2.45, 2.75) is 26.7 Å². The minimum atomic E-state index is -1.02. The lowest BCUT2D eigenvalue weighted by atomic mass is 10.1. The lowest BCUT2D eigenvalue weighted by Gasteiger charge is -2.20. The number of ether oxygens (including phenoxy) is 1. The normalized spacial score (nSPS) is 10.5. The second-order valence-electron chi connectivity index (χ2n) is 6.96. The maximum atomic E-state index is 12.3. The number of aryl methyl sites for hydroxylation is 1. The molecule has 3 amide bonds. The van der Waals surface area contributed by atoms with Crippen molar-refractivity contribution in [1.29, 1.82) is 0 Å². The van der Waals surface area contributed by atoms with Crippen LogP contribution in [0.4, 0.5) is 16.2 Å². The third-order valence-electron chi connectivity index (χ3n) is 4.37. The van der Waals surface area contributed by atoms with E-state index in [0.29, 0.717) is 35.7 Å². The van der Waals surface area contributed by atoms with Gasteiger partial charge in [0, 0.05) is 12.2 Å². The fraction of sp³-hybridized carbons (Fsp3) is 0.318. The van der Waals surface area contributed by atoms with Crippen LogP contribution in [0.25, 0.3) is 0 Å². The molecule has 0 saturated heterocycles. The Kier molecular flexibility index (Phi) is 8.83. The van der Waals surface area contributed by atoms with Crippen molar-refractivity contribution in [3.05, 3.63) is 53.6 Å². The van der Waals surface area contributed by atoms with Gasteiger partial charge in [-0.3, -0.25) is 15.0 Å². The number of methoxy groups -OCH3 is 1. The van der Waals surface area contributed by atoms with Crippen molar-refractivity contribution in [3.63, 3.8) is 0 Å². The number of amides is 3. The molecule has 0 heterocycles. The summed E-state index contributed by atoms with van der Waals surface area (Å²) in [5.74, 6) is -0.953. The summed E-state index contributed by atoms with van der Waals surface area (Å²) < 4.78 is 5.35. The highest BCUT2D eigenvalue weighted by molar-refractivity contribution is 6.01. The van der Waals surface area contributed by atoms with Crippen LogP contribution >= 0.6 is 0 Å². The highest BCUT2D eigenvalue weighted by Gasteiger charge is 2.14. The first kappa shape index (κ1) is 23.7. The molecule has 0 aliphatic carbocycles. The average molecular weight is 428 g/mol. The van der Waals surface area contributed by atoms with Crippen molar-refractivity contribution >= 4 is 29.3 Å². The molecule has 0 aliphatic rings. The van der Waals surface area contributed by atoms with Crippen LogP contribution < -0.4 is 20.8 Å². The summed E-state index contributed by atoms with van der Waals surface area (Å²) in [6, 6.07) is 12.0. The first-order valence-corrected chi connectivity index (χ1v) is 9.89. The molecule has 0 fully saturated rings. The third-order valence-corrected chi connectivity index (χ3v) is 4.37. The van der Waals surface area contributed by atoms with Crippen molar-refractivity contribution < 1.29 is 24.2 Å². The highest BCUT2D eigenvalue weighted by atomic mass is 16.5. The van der Waals surface area contributed by atoms with E-state index in [0.717, 1.165) is 5.56 Å². The van der Waals surface area contributed by atoms with Crippen LogP contribution in [0.1, 0.15) is 24.5 Å². The van der Waals surface area contributed by atoms with Crippen LogP contribution in [0.15, 0.2) is 42.5 Å². The summed E-state index contributed by atoms with van der Waals surface area (Å²) in [5.41, 5.74) is 5.36. The Labute approximate surface area is 181 Å². The molecular weight excluding hydrogens is 400 g/mol. The maximum Gasteiger partial charge on any atom is 0.323 e. The van der Waals surface area contributed by atoms with Gasteiger partial charge in [0.1, 0.15) is 12.3 Å². The molecule has 0 atom stereocenters. The molecule has 9 heteroatoms. The Bertz CT molecular complexity index is 932. The Balaban J connectivity index is 2.02. The Morgan fingerprint density at radius 3 is 2.42 bits per heavy atom. The minimum absolute atomic E-state index is 0.0336. The number of benzene rings is 2. The van der Waals surface area contributed by atoms with E-state index in [1.807, 2.05) is 32.0 Å². The highest BCUT2D eigenvalue weighted by Crippen LogP contribution is 2.26. The topological polar surface area (TPSA) is 120 Å². The average Bonchev–Trinajstić information content (AvgIpc) is 2.70. The fourth-order valence-corrected chi connectivity index (χ4v) is 2.95. The molecule has 0 spiro atoms. The van der Waals surface area contributed by atoms with Crippen molar-refractivity contribution in [3.8, 4) is 5.75 Å². The monoisotopic (exact) mass is 428 g/mol. The summed E-state index contributed by atoms with van der Waals surface area (Å²) in [7, 11) is 1.47. The number of hydrazine groups is 1. The largest absolute Gasteiger partial charge is 0.495 e. The van der Waals surface area contributed by atoms with E-state index in [2.05, 4.69) is 16.1 Å². The van der Waals surface area contributed by atoms with Gasteiger partial charge in [0.15, 0.2) is 0 Å². The molecule has 31 heavy (non-hydrogen) atoms. The number of nitrogens with zero attached hydrogens (tertiary/aromatic N) is 1. The zero-order chi connectivity index (χ0) is 22.8. The summed E-state index contributed by atoms with van der Waals surface area (Å²) in [6.45, 7) is 3.95. The molecule has 0 radical (unpaired) electrons. The maximum absolute atomic E-state index is 12.3. The number of anilines is 2. The minimum Gasteiger partial charge on any atom is -0.495 e. The second kappa shape index (κ2) is 11.6. The van der Waals surface area contributed by atoms with Gasteiger partial charge in [-0.1, -0.05) is 31.2 Å². The SMILES string of the molecule is CCCN(CC(=O)O)NC(=O)Cc1ccc(NC(=O)Nc2ccccc2C)c(OC)c1. The smallest absolute Gasteiger partial charge is 0.323 e. The van der Waals surface area contributed by atoms with Crippen LogP contribution in [0.5, 0.6) is 5.75 Å². The van der Waals surface area contributed by atoms with E-state index in [1.54, 1.807) is 24.3 Å². The lowest BCUT2D eigenvalue weighted by Crippen LogP contribution is -2.46. The van der Waals surface area contributed by atoms with Crippen molar-refractivity contribution in [2.24, 2.45) is 0 Å². The van der Waals surface area contributed by atoms with E-state index in [4.69, 9.17) is 9.84 Å². The number of para-hydroxylation sites is 1. The number of carbonyl (C=O) groups is 3. The predicted octanol–water partition coefficient (Wildman–Crippen LogP) is 3.02. The summed E-state index contributed by atoms with van der Waals surface area (Å²) in [5, 5.41) is 15.8. The molecule has 166 valence electrons. The number of nitrogens with one attached hydrogen (secondary N) is 3. The van der Waals surface area contributed by atoms with Gasteiger partial charge in [-0.15, -0.1) is 0 Å². The Morgan fingerprint density at radius 2 is 1.77 bits per heavy atom. The number of carbonyl (C=O) groups excluding carboxylic acids is 2. The zero-order valence-corrected chi connectivity index (χ0v) is 17.9. The van der Waals surface area contributed by atoms with Gasteiger partial charge in [-0.2, -0.15) is 0 Å². The van der Waals surface area contributed by atoms with Crippen LogP contribution in [0.2, 0.25) is 0 Å². The molecule has 4 N–H and O–H groups in total. The molecule has 2 aromatic rings. The van der Waals surface area contributed by atoms with Crippen molar-refractivity contribution in [1.82, 2.24) is 10.4 Å². The van der Waals surface area contributed by atoms with Gasteiger partial charge in [0.2, 0.25) is 5.91 Å². The van der Waals surface area contributed by atoms with Crippen molar-refractivity contribution in [2.75, 3.05) is 30.8 Å². The van der Waals surface area contributed by atoms with Gasteiger partial charge in [-0.25, -0.2) is 9.80 Å². The fourth-order valence-electron chi connectivity index (χ4n) is 2.95. The quantitative estimate of drug-likeness (QED) is 0.432. The molecule has 0 bridgehead atoms. The number of hydrogen-bond donors (Lipinski definition) is 4. The predicted molar refractivity (Wildman–Crippen MR) is 118 cm³/mol. The summed E-state index contributed by atoms with van der Waals surface area (Å²) >= 11 is 0. The first-order chi connectivity index (χ1) is 14.8. The number of rotatable bonds is 10. The molecule has 9 nitrogen and oxygen atoms in total. The van der Waals surface area contributed by atoms with Gasteiger partial charge in [-0.05, 0) is 42.7 Å². The molecule has 0 aliphatic heterocycles. The summed E-state index contributed by atoms with van der Waals surface area (Å²) in [4.78, 5) is 35.6. The van der Waals surface area contributed by atoms with Gasteiger partial charge in [0.05, 0.1) is 19.2 Å². The Hall–Kier alpha value is -3.59. The molecule has 0 saturated carbocycles. The zero-order valence-electron chi connectivity index (χ0n) is 17.9. The van der Waals surface area contributed by atoms with Gasteiger partial charge >= 0.3 is 12.0 Å². The second-order valence-corrected chi connectivity index (χ2v) is 6.96. The lowest BCUT2D eigenvalue weighted by molar-refractivity contribution is -0.140. The number of urea groups is 1. The van der Waals surface area contributed by atoms with Gasteiger partial charge < -0.3 is 20.5 Å². The number of hydrogen-bond acceptors (Lipinski definition) is 5. The molecule has 2 rings (SSSR count). The van der Waals surface area contributed by atoms with E-state index in [-0.39, 0.29) is 18.9 Å². The third kappa shape index (κ3) is 7.63. The molecule has 0 unspecified atom stereocenters. The molecule has 2 aromatic carbocycles. The first-order valence-electron chi connectivity index (χ1n) is 9.89. The molecule has 0 aromatic heterocycles. The van der Waals surface area contributed by atoms with Crippen LogP contribution in [0, 0.1) is 6.92 Å². The van der Waals surface area contributed by atoms with Crippen LogP contribution in [-0.2, 0) is 16.0 Å². The van der Waals surface area contributed by atoms with Gasteiger partial charge in [0.25, 0.3) is 0 Å². The summed E-state index contributed by atoms with van der Waals surface area (Å²) in [6.07, 6.45) is 0.734. The van der Waals surface area contributed by atoms with E-state index in [1.165, 1.54) is 12.1 Å². The number of aliphatic carboxylic acids is 1. The van der Waals surface area contributed by atoms with Crippen LogP contribution in [-0.4, -0.2) is 48.2 Å². The molecular formula is C22H28N4O5. The Morgan fingerprint density at radius 1 is 1.06 bits per heavy atom.